The first-order valence-corrected chi connectivity index (χ1v) is 7.36. The van der Waals surface area contributed by atoms with Crippen molar-refractivity contribution in [3.8, 4) is 5.75 Å². The summed E-state index contributed by atoms with van der Waals surface area (Å²) in [4.78, 5) is 11.1. The van der Waals surface area contributed by atoms with Crippen LogP contribution in [0.15, 0.2) is 46.6 Å². The van der Waals surface area contributed by atoms with E-state index < -0.39 is 0 Å². The Kier molecular flexibility index (Phi) is 3.87. The van der Waals surface area contributed by atoms with Crippen molar-refractivity contribution in [2.24, 2.45) is 10.2 Å². The van der Waals surface area contributed by atoms with Gasteiger partial charge in [-0.15, -0.1) is 5.10 Å². The maximum absolute atomic E-state index is 11.1. The molecule has 1 aliphatic heterocycles. The molecule has 1 saturated heterocycles. The summed E-state index contributed by atoms with van der Waals surface area (Å²) in [7, 11) is 1.65. The summed E-state index contributed by atoms with van der Waals surface area (Å²) < 4.78 is 5.40. The molecule has 2 aromatic rings. The van der Waals surface area contributed by atoms with Crippen LogP contribution in [0, 0.1) is 0 Å². The van der Waals surface area contributed by atoms with Crippen LogP contribution in [0.5, 0.6) is 5.75 Å². The van der Waals surface area contributed by atoms with Crippen LogP contribution >= 0.6 is 11.8 Å². The molecule has 21 heavy (non-hydrogen) atoms. The van der Waals surface area contributed by atoms with Crippen molar-refractivity contribution in [1.82, 2.24) is 5.32 Å². The molecule has 0 spiro atoms. The first kappa shape index (κ1) is 13.6. The largest absolute Gasteiger partial charge is 0.496 e. The highest BCUT2D eigenvalue weighted by Gasteiger charge is 2.15. The lowest BCUT2D eigenvalue weighted by Crippen LogP contribution is -2.19. The van der Waals surface area contributed by atoms with Gasteiger partial charge in [-0.25, -0.2) is 0 Å². The molecule has 3 rings (SSSR count). The second-order valence-electron chi connectivity index (χ2n) is 4.39. The molecule has 0 atom stereocenters. The lowest BCUT2D eigenvalue weighted by molar-refractivity contribution is -0.116. The van der Waals surface area contributed by atoms with Gasteiger partial charge in [0.05, 0.1) is 19.1 Å². The predicted molar refractivity (Wildman–Crippen MR) is 86.1 cm³/mol. The van der Waals surface area contributed by atoms with Gasteiger partial charge in [-0.2, -0.15) is 5.10 Å². The van der Waals surface area contributed by atoms with E-state index in [-0.39, 0.29) is 5.91 Å². The van der Waals surface area contributed by atoms with Crippen molar-refractivity contribution in [3.63, 3.8) is 0 Å². The van der Waals surface area contributed by atoms with Gasteiger partial charge in [0.15, 0.2) is 5.17 Å². The number of nitrogens with one attached hydrogen (secondary N) is 1. The highest BCUT2D eigenvalue weighted by molar-refractivity contribution is 8.15. The maximum Gasteiger partial charge on any atom is 0.236 e. The molecule has 0 unspecified atom stereocenters. The smallest absolute Gasteiger partial charge is 0.236 e. The first-order chi connectivity index (χ1) is 10.3. The molecule has 1 aliphatic rings. The monoisotopic (exact) mass is 299 g/mol. The van der Waals surface area contributed by atoms with Crippen molar-refractivity contribution in [1.29, 1.82) is 0 Å². The number of carbonyl (C=O) groups is 1. The van der Waals surface area contributed by atoms with Crippen LogP contribution in [0.3, 0.4) is 0 Å². The number of fused-ring (bicyclic) bond motifs is 1. The molecule has 1 N–H and O–H groups in total. The molecule has 5 nitrogen and oxygen atoms in total. The van der Waals surface area contributed by atoms with Gasteiger partial charge in [-0.05, 0) is 11.5 Å². The number of hydrogen-bond donors (Lipinski definition) is 1. The Labute approximate surface area is 126 Å². The van der Waals surface area contributed by atoms with Gasteiger partial charge in [-0.1, -0.05) is 42.1 Å². The lowest BCUT2D eigenvalue weighted by Gasteiger charge is -2.07. The second-order valence-corrected chi connectivity index (χ2v) is 5.36. The molecule has 6 heteroatoms. The number of hydrogen-bond acceptors (Lipinski definition) is 5. The Bertz CT molecular complexity index is 750. The zero-order valence-corrected chi connectivity index (χ0v) is 12.2. The minimum absolute atomic E-state index is 0.0409. The summed E-state index contributed by atoms with van der Waals surface area (Å²) in [5.74, 6) is 1.16. The molecular formula is C15H13N3O2S. The van der Waals surface area contributed by atoms with Crippen molar-refractivity contribution in [2.75, 3.05) is 12.9 Å². The molecule has 1 heterocycles. The molecule has 2 aromatic carbocycles. The van der Waals surface area contributed by atoms with Gasteiger partial charge < -0.3 is 10.1 Å². The van der Waals surface area contributed by atoms with Crippen molar-refractivity contribution in [2.45, 2.75) is 0 Å². The van der Waals surface area contributed by atoms with E-state index in [0.717, 1.165) is 22.1 Å². The Morgan fingerprint density at radius 1 is 1.29 bits per heavy atom. The van der Waals surface area contributed by atoms with Gasteiger partial charge in [0.2, 0.25) is 5.91 Å². The molecule has 0 aromatic heterocycles. The van der Waals surface area contributed by atoms with Crippen LogP contribution < -0.4 is 10.1 Å². The highest BCUT2D eigenvalue weighted by Crippen LogP contribution is 2.27. The van der Waals surface area contributed by atoms with Crippen LogP contribution in [0.2, 0.25) is 0 Å². The van der Waals surface area contributed by atoms with Crippen LogP contribution in [-0.2, 0) is 4.79 Å². The van der Waals surface area contributed by atoms with Gasteiger partial charge in [0, 0.05) is 10.9 Å². The van der Waals surface area contributed by atoms with E-state index in [1.165, 1.54) is 11.8 Å². The van der Waals surface area contributed by atoms with E-state index in [2.05, 4.69) is 15.5 Å². The van der Waals surface area contributed by atoms with Crippen LogP contribution in [0.25, 0.3) is 10.8 Å². The summed E-state index contributed by atoms with van der Waals surface area (Å²) in [5.41, 5.74) is 0.920. The fraction of sp³-hybridized carbons (Fsp3) is 0.133. The zero-order valence-electron chi connectivity index (χ0n) is 11.4. The van der Waals surface area contributed by atoms with E-state index in [9.17, 15) is 4.79 Å². The van der Waals surface area contributed by atoms with Gasteiger partial charge in [-0.3, -0.25) is 4.79 Å². The van der Waals surface area contributed by atoms with E-state index in [1.54, 1.807) is 13.3 Å². The summed E-state index contributed by atoms with van der Waals surface area (Å²) >= 11 is 1.35. The summed E-state index contributed by atoms with van der Waals surface area (Å²) in [5, 5.41) is 13.3. The average molecular weight is 299 g/mol. The Morgan fingerprint density at radius 3 is 2.81 bits per heavy atom. The molecule has 0 aliphatic carbocycles. The van der Waals surface area contributed by atoms with E-state index in [0.29, 0.717) is 10.9 Å². The van der Waals surface area contributed by atoms with Gasteiger partial charge in [0.1, 0.15) is 5.75 Å². The number of amides is 1. The summed E-state index contributed by atoms with van der Waals surface area (Å²) in [6.45, 7) is 0. The highest BCUT2D eigenvalue weighted by atomic mass is 32.2. The van der Waals surface area contributed by atoms with Crippen LogP contribution in [-0.4, -0.2) is 30.2 Å². The van der Waals surface area contributed by atoms with Crippen molar-refractivity contribution in [3.05, 3.63) is 42.0 Å². The molecule has 0 bridgehead atoms. The molecule has 1 amide bonds. The number of nitrogens with zero attached hydrogens (tertiary/aromatic N) is 2. The van der Waals surface area contributed by atoms with Gasteiger partial charge in [0.25, 0.3) is 0 Å². The predicted octanol–water partition coefficient (Wildman–Crippen LogP) is 2.40. The van der Waals surface area contributed by atoms with E-state index >= 15 is 0 Å². The Morgan fingerprint density at radius 2 is 2.10 bits per heavy atom. The fourth-order valence-corrected chi connectivity index (χ4v) is 2.77. The number of carbonyl (C=O) groups excluding carboxylic acids is 1. The summed E-state index contributed by atoms with van der Waals surface area (Å²) in [6.07, 6.45) is 1.67. The number of thioether (sulfide) groups is 1. The molecule has 0 saturated carbocycles. The summed E-state index contributed by atoms with van der Waals surface area (Å²) in [6, 6.07) is 11.8. The van der Waals surface area contributed by atoms with Crippen LogP contribution in [0.4, 0.5) is 0 Å². The number of methoxy groups -OCH3 is 1. The normalized spacial score (nSPS) is 16.8. The molecular weight excluding hydrogens is 286 g/mol. The zero-order chi connectivity index (χ0) is 14.7. The minimum Gasteiger partial charge on any atom is -0.496 e. The lowest BCUT2D eigenvalue weighted by atomic mass is 10.0. The maximum atomic E-state index is 11.1. The number of amidine groups is 1. The number of rotatable bonds is 3. The van der Waals surface area contributed by atoms with Crippen LogP contribution in [0.1, 0.15) is 5.56 Å². The van der Waals surface area contributed by atoms with E-state index in [1.807, 2.05) is 36.4 Å². The van der Waals surface area contributed by atoms with Crippen molar-refractivity contribution < 1.29 is 9.53 Å². The number of benzene rings is 2. The third-order valence-electron chi connectivity index (χ3n) is 3.05. The first-order valence-electron chi connectivity index (χ1n) is 6.37. The standard InChI is InChI=1S/C15H13N3O2S/c1-20-12-7-3-5-10-4-2-6-11(14(10)12)8-16-18-15-17-13(19)9-21-15/h2-8H,9H2,1H3,(H,17,18,19). The quantitative estimate of drug-likeness (QED) is 0.699. The topological polar surface area (TPSA) is 63.1 Å². The van der Waals surface area contributed by atoms with Crippen molar-refractivity contribution >= 4 is 39.8 Å². The molecule has 1 fully saturated rings. The van der Waals surface area contributed by atoms with E-state index in [4.69, 9.17) is 4.74 Å². The third kappa shape index (κ3) is 2.90. The minimum atomic E-state index is -0.0409. The Balaban J connectivity index is 1.95. The molecule has 106 valence electrons. The second kappa shape index (κ2) is 5.97. The SMILES string of the molecule is COc1cccc2cccc(C=NN=C3NC(=O)CS3)c12. The number of ether oxygens (including phenoxy) is 1. The average Bonchev–Trinajstić information content (AvgIpc) is 2.92. The van der Waals surface area contributed by atoms with Gasteiger partial charge >= 0.3 is 0 Å². The fourth-order valence-electron chi connectivity index (χ4n) is 2.14. The third-order valence-corrected chi connectivity index (χ3v) is 3.91. The Hall–Kier alpha value is -2.34. The molecule has 0 radical (unpaired) electrons.